The molecule has 0 aliphatic carbocycles. The lowest BCUT2D eigenvalue weighted by atomic mass is 9.90. The molecule has 2 aliphatic rings. The van der Waals surface area contributed by atoms with E-state index in [0.717, 1.165) is 80.9 Å². The topological polar surface area (TPSA) is 129 Å². The highest BCUT2D eigenvalue weighted by atomic mass is 16.5. The molecule has 2 aromatic rings. The van der Waals surface area contributed by atoms with Crippen molar-refractivity contribution in [2.24, 2.45) is 16.9 Å². The fourth-order valence-electron chi connectivity index (χ4n) is 4.76. The molecule has 0 radical (unpaired) electrons. The van der Waals surface area contributed by atoms with Crippen molar-refractivity contribution in [3.63, 3.8) is 0 Å². The van der Waals surface area contributed by atoms with E-state index in [4.69, 9.17) is 30.6 Å². The Morgan fingerprint density at radius 2 is 1.86 bits per heavy atom. The molecule has 0 saturated carbocycles. The number of methoxy groups -OCH3 is 2. The van der Waals surface area contributed by atoms with Crippen molar-refractivity contribution in [2.75, 3.05) is 65.6 Å². The summed E-state index contributed by atoms with van der Waals surface area (Å²) in [6, 6.07) is 14.3. The zero-order chi connectivity index (χ0) is 32.0. The Labute approximate surface area is 261 Å². The molecule has 2 aliphatic heterocycles. The molecule has 0 aromatic heterocycles. The third kappa shape index (κ3) is 13.5. The second kappa shape index (κ2) is 22.6. The smallest absolute Gasteiger partial charge is 0.142 e. The number of nitrogens with one attached hydrogen (secondary N) is 2. The summed E-state index contributed by atoms with van der Waals surface area (Å²) in [5, 5.41) is 17.2. The van der Waals surface area contributed by atoms with E-state index in [0.29, 0.717) is 5.92 Å². The van der Waals surface area contributed by atoms with Gasteiger partial charge in [-0.25, -0.2) is 0 Å². The van der Waals surface area contributed by atoms with Gasteiger partial charge in [-0.3, -0.25) is 5.01 Å². The van der Waals surface area contributed by atoms with E-state index in [1.54, 1.807) is 21.3 Å². The first kappa shape index (κ1) is 38.1. The van der Waals surface area contributed by atoms with Gasteiger partial charge in [-0.15, -0.1) is 0 Å². The van der Waals surface area contributed by atoms with E-state index in [-0.39, 0.29) is 14.2 Å². The maximum atomic E-state index is 9.16. The van der Waals surface area contributed by atoms with Gasteiger partial charge in [0, 0.05) is 28.7 Å². The zero-order valence-corrected chi connectivity index (χ0v) is 27.6. The van der Waals surface area contributed by atoms with Crippen LogP contribution in [0.5, 0.6) is 11.5 Å². The highest BCUT2D eigenvalue weighted by Gasteiger charge is 2.18. The summed E-state index contributed by atoms with van der Waals surface area (Å²) < 4.78 is 15.8. The van der Waals surface area contributed by atoms with Crippen molar-refractivity contribution < 1.29 is 20.7 Å². The van der Waals surface area contributed by atoms with Crippen LogP contribution in [-0.2, 0) is 11.3 Å². The Hall–Kier alpha value is -2.92. The highest BCUT2D eigenvalue weighted by molar-refractivity contribution is 5.61. The fraction of sp³-hybridized carbons (Fsp3) is 0.636. The number of hydrogen-bond acceptors (Lipinski definition) is 9. The number of nitrogens with two attached hydrogens (primary N) is 1. The molecule has 2 aromatic carbocycles. The number of hydrogen-bond donors (Lipinski definition) is 4. The molecule has 246 valence electrons. The van der Waals surface area contributed by atoms with Gasteiger partial charge >= 0.3 is 0 Å². The second-order valence-electron chi connectivity index (χ2n) is 10.5. The fourth-order valence-corrected chi connectivity index (χ4v) is 4.76. The number of piperidine rings is 1. The summed E-state index contributed by atoms with van der Waals surface area (Å²) in [6.07, 6.45) is 4.40. The molecule has 1 saturated heterocycles. The number of rotatable bonds is 11. The van der Waals surface area contributed by atoms with Crippen molar-refractivity contribution in [1.82, 2.24) is 10.3 Å². The van der Waals surface area contributed by atoms with Crippen LogP contribution in [0.15, 0.2) is 47.7 Å². The summed E-state index contributed by atoms with van der Waals surface area (Å²) >= 11 is 0. The van der Waals surface area contributed by atoms with Crippen LogP contribution in [0.25, 0.3) is 0 Å². The Morgan fingerprint density at radius 3 is 2.42 bits per heavy atom. The molecule has 10 nitrogen and oxygen atoms in total. The minimum absolute atomic E-state index is 0. The molecule has 5 N–H and O–H groups in total. The first-order valence-electron chi connectivity index (χ1n) is 15.7. The second-order valence-corrected chi connectivity index (χ2v) is 10.5. The van der Waals surface area contributed by atoms with Gasteiger partial charge in [0.05, 0.1) is 32.1 Å². The molecule has 4 rings (SSSR count). The summed E-state index contributed by atoms with van der Waals surface area (Å²) in [4.78, 5) is 2.29. The monoisotopic (exact) mass is 604 g/mol. The quantitative estimate of drug-likeness (QED) is 0.106. The average Bonchev–Trinajstić information content (AvgIpc) is 3.09. The minimum Gasteiger partial charge on any atom is -0.497 e. The Bertz CT molecular complexity index is 995. The van der Waals surface area contributed by atoms with E-state index in [1.807, 2.05) is 39.0 Å². The molecule has 1 unspecified atom stereocenters. The summed E-state index contributed by atoms with van der Waals surface area (Å²) in [5.41, 5.74) is 15.8. The van der Waals surface area contributed by atoms with Crippen molar-refractivity contribution in [2.45, 2.75) is 72.1 Å². The minimum atomic E-state index is -0.123. The van der Waals surface area contributed by atoms with Crippen molar-refractivity contribution in [3.8, 4) is 11.5 Å². The van der Waals surface area contributed by atoms with Gasteiger partial charge in [-0.05, 0) is 79.6 Å². The van der Waals surface area contributed by atoms with Crippen LogP contribution < -0.4 is 25.4 Å². The predicted octanol–water partition coefficient (Wildman–Crippen LogP) is 6.04. The molecule has 0 amide bonds. The molecule has 43 heavy (non-hydrogen) atoms. The third-order valence-electron chi connectivity index (χ3n) is 7.68. The predicted molar refractivity (Wildman–Crippen MR) is 178 cm³/mol. The molecule has 1 fully saturated rings. The van der Waals surface area contributed by atoms with Gasteiger partial charge in [0.1, 0.15) is 18.1 Å². The third-order valence-corrected chi connectivity index (χ3v) is 7.68. The van der Waals surface area contributed by atoms with Gasteiger partial charge < -0.3 is 35.3 Å². The standard InChI is InChI=1S/C13H19NO3.C12H17NO.C6H16N4.C2H6.H2/c1-16-7-2-5-14-6-8-17-13-4-3-11(10-15)9-12(13)14;1-14-12-4-2-10(3-5-12)11-6-8-13-9-7-11;1-4-5(2)6(7)10(3)9-8;1-2;/h3-4,9,15H,2,5-8,10H2,1H3;2-5,11,13H,6-9H2,1H3;5-6,8H,4,7H2,1-3H3;1-2H3;1H/t;;5-,6?;;/m..0../s1. The summed E-state index contributed by atoms with van der Waals surface area (Å²) in [6.45, 7) is 13.8. The lowest BCUT2D eigenvalue weighted by molar-refractivity contribution is 0.175. The first-order valence-corrected chi connectivity index (χ1v) is 15.7. The maximum absolute atomic E-state index is 9.16. The number of aliphatic hydroxyl groups excluding tert-OH is 1. The molecule has 2 heterocycles. The van der Waals surface area contributed by atoms with Crippen LogP contribution in [-0.4, -0.2) is 76.9 Å². The Kier molecular flexibility index (Phi) is 20.0. The van der Waals surface area contributed by atoms with Crippen molar-refractivity contribution in [1.29, 1.82) is 5.53 Å². The molecule has 10 heteroatoms. The van der Waals surface area contributed by atoms with E-state index < -0.39 is 0 Å². The van der Waals surface area contributed by atoms with E-state index in [1.165, 1.54) is 23.4 Å². The van der Waals surface area contributed by atoms with Crippen LogP contribution >= 0.6 is 0 Å². The first-order chi connectivity index (χ1) is 20.9. The number of aliphatic hydroxyl groups is 1. The number of anilines is 1. The highest BCUT2D eigenvalue weighted by Crippen LogP contribution is 2.32. The SMILES string of the molecule is CC.CC[C@H](C)C(N)N(C)N=N.COCCCN1CCOc2ccc(CO)cc21.COc1ccc(C2CCNCC2)cc1.[HH]. The van der Waals surface area contributed by atoms with Gasteiger partial charge in [0.2, 0.25) is 0 Å². The van der Waals surface area contributed by atoms with Crippen LogP contribution in [0.2, 0.25) is 0 Å². The Balaban J connectivity index is 0.000000626. The van der Waals surface area contributed by atoms with Gasteiger partial charge in [-0.2, -0.15) is 5.53 Å². The zero-order valence-electron chi connectivity index (χ0n) is 27.6. The van der Waals surface area contributed by atoms with Crippen molar-refractivity contribution in [3.05, 3.63) is 53.6 Å². The number of nitrogens with zero attached hydrogens (tertiary/aromatic N) is 3. The van der Waals surface area contributed by atoms with E-state index in [2.05, 4.69) is 46.6 Å². The molecular formula is C33H60N6O4. The van der Waals surface area contributed by atoms with Crippen LogP contribution in [0.1, 0.15) is 71.8 Å². The van der Waals surface area contributed by atoms with E-state index in [9.17, 15) is 0 Å². The largest absolute Gasteiger partial charge is 0.497 e. The molecule has 0 bridgehead atoms. The molecule has 0 spiro atoms. The molecule has 2 atom stereocenters. The lowest BCUT2D eigenvalue weighted by Gasteiger charge is -2.31. The summed E-state index contributed by atoms with van der Waals surface area (Å²) in [7, 11) is 5.14. The number of fused-ring (bicyclic) bond motifs is 1. The van der Waals surface area contributed by atoms with Crippen LogP contribution in [0, 0.1) is 11.4 Å². The Morgan fingerprint density at radius 1 is 1.19 bits per heavy atom. The van der Waals surface area contributed by atoms with Crippen molar-refractivity contribution >= 4 is 5.69 Å². The number of ether oxygens (including phenoxy) is 3. The van der Waals surface area contributed by atoms with Crippen LogP contribution in [0.3, 0.4) is 0 Å². The lowest BCUT2D eigenvalue weighted by Crippen LogP contribution is -2.40. The average molecular weight is 605 g/mol. The van der Waals surface area contributed by atoms with Gasteiger partial charge in [0.25, 0.3) is 0 Å². The number of benzene rings is 2. The maximum Gasteiger partial charge on any atom is 0.142 e. The normalized spacial score (nSPS) is 15.4. The van der Waals surface area contributed by atoms with Gasteiger partial charge in [-0.1, -0.05) is 57.5 Å². The summed E-state index contributed by atoms with van der Waals surface area (Å²) in [5.74, 6) is 2.98. The van der Waals surface area contributed by atoms with E-state index >= 15 is 0 Å². The molecular weight excluding hydrogens is 544 g/mol. The van der Waals surface area contributed by atoms with Gasteiger partial charge in [0.15, 0.2) is 0 Å². The van der Waals surface area contributed by atoms with Crippen LogP contribution in [0.4, 0.5) is 5.69 Å².